The van der Waals surface area contributed by atoms with Crippen LogP contribution in [0.25, 0.3) is 0 Å². The molecule has 1 heterocycles. The van der Waals surface area contributed by atoms with Gasteiger partial charge >= 0.3 is 0 Å². The summed E-state index contributed by atoms with van der Waals surface area (Å²) < 4.78 is 39.3. The molecule has 8 heteroatoms. The van der Waals surface area contributed by atoms with Gasteiger partial charge < -0.3 is 15.4 Å². The number of hydrogen-bond donors (Lipinski definition) is 1. The van der Waals surface area contributed by atoms with Crippen molar-refractivity contribution in [3.05, 3.63) is 35.1 Å². The molecule has 1 fully saturated rings. The molecule has 2 rings (SSSR count). The Bertz CT molecular complexity index is 553. The first kappa shape index (κ1) is 23.5. The van der Waals surface area contributed by atoms with Crippen molar-refractivity contribution >= 4 is 24.0 Å². The highest BCUT2D eigenvalue weighted by Gasteiger charge is 2.21. The van der Waals surface area contributed by atoms with Gasteiger partial charge in [0.1, 0.15) is 12.1 Å². The van der Waals surface area contributed by atoms with Gasteiger partial charge in [0, 0.05) is 30.8 Å². The lowest BCUT2D eigenvalue weighted by molar-refractivity contribution is -0.130. The van der Waals surface area contributed by atoms with E-state index < -0.39 is 23.5 Å². The summed E-state index contributed by atoms with van der Waals surface area (Å²) in [7, 11) is 0. The van der Waals surface area contributed by atoms with E-state index in [9.17, 15) is 18.0 Å². The second-order valence-corrected chi connectivity index (χ2v) is 6.03. The summed E-state index contributed by atoms with van der Waals surface area (Å²) in [6.45, 7) is 6.13. The molecule has 1 amide bonds. The molecule has 0 aromatic heterocycles. The second kappa shape index (κ2) is 12.8. The van der Waals surface area contributed by atoms with E-state index >= 15 is 0 Å². The standard InChI is InChI=1S/C13H15F3N2OS.C2H4O.C2H6/c14-10-6-12(16)11(15)4-8(10)3-9(17)5-13(19)18-1-2-20-7-18;1-2-3;1-2/h4,6,9H,1-3,5,7,17H2;2H,1H3;1-2H3/t9-;;/m1../s1. The summed E-state index contributed by atoms with van der Waals surface area (Å²) in [4.78, 5) is 22.3. The van der Waals surface area contributed by atoms with Crippen LogP contribution in [0, 0.1) is 17.5 Å². The van der Waals surface area contributed by atoms with Crippen molar-refractivity contribution in [3.8, 4) is 0 Å². The van der Waals surface area contributed by atoms with Crippen molar-refractivity contribution in [2.45, 2.75) is 39.7 Å². The third kappa shape index (κ3) is 8.40. The van der Waals surface area contributed by atoms with Gasteiger partial charge in [0.2, 0.25) is 5.91 Å². The molecule has 1 atom stereocenters. The monoisotopic (exact) mass is 378 g/mol. The molecule has 1 saturated heterocycles. The van der Waals surface area contributed by atoms with Crippen LogP contribution in [0.2, 0.25) is 0 Å². The summed E-state index contributed by atoms with van der Waals surface area (Å²) >= 11 is 1.66. The van der Waals surface area contributed by atoms with Gasteiger partial charge in [-0.05, 0) is 25.0 Å². The summed E-state index contributed by atoms with van der Waals surface area (Å²) in [6.07, 6.45) is 0.814. The van der Waals surface area contributed by atoms with Crippen LogP contribution >= 0.6 is 11.8 Å². The Morgan fingerprint density at radius 3 is 2.36 bits per heavy atom. The lowest BCUT2D eigenvalue weighted by Crippen LogP contribution is -2.35. The van der Waals surface area contributed by atoms with Crippen LogP contribution in [0.3, 0.4) is 0 Å². The molecule has 0 spiro atoms. The van der Waals surface area contributed by atoms with Gasteiger partial charge in [-0.2, -0.15) is 0 Å². The van der Waals surface area contributed by atoms with Gasteiger partial charge in [0.15, 0.2) is 11.6 Å². The highest BCUT2D eigenvalue weighted by molar-refractivity contribution is 7.99. The molecule has 25 heavy (non-hydrogen) atoms. The van der Waals surface area contributed by atoms with Gasteiger partial charge in [-0.3, -0.25) is 4.79 Å². The van der Waals surface area contributed by atoms with Crippen LogP contribution in [-0.4, -0.2) is 41.3 Å². The zero-order valence-corrected chi connectivity index (χ0v) is 15.5. The predicted octanol–water partition coefficient (Wildman–Crippen LogP) is 3.13. The number of carbonyl (C=O) groups is 2. The van der Waals surface area contributed by atoms with Crippen molar-refractivity contribution < 1.29 is 22.8 Å². The summed E-state index contributed by atoms with van der Waals surface area (Å²) in [5.41, 5.74) is 5.78. The van der Waals surface area contributed by atoms with E-state index in [1.165, 1.54) is 6.92 Å². The number of aldehydes is 1. The number of rotatable bonds is 4. The Kier molecular flexibility index (Phi) is 12.0. The average molecular weight is 378 g/mol. The molecular formula is C17H25F3N2O2S. The maximum absolute atomic E-state index is 13.5. The number of benzene rings is 1. The van der Waals surface area contributed by atoms with Crippen molar-refractivity contribution in [2.24, 2.45) is 5.73 Å². The van der Waals surface area contributed by atoms with Crippen molar-refractivity contribution in [1.82, 2.24) is 4.90 Å². The molecule has 2 N–H and O–H groups in total. The first-order chi connectivity index (χ1) is 11.9. The van der Waals surface area contributed by atoms with Gasteiger partial charge in [-0.25, -0.2) is 13.2 Å². The van der Waals surface area contributed by atoms with Gasteiger partial charge in [-0.15, -0.1) is 11.8 Å². The summed E-state index contributed by atoms with van der Waals surface area (Å²) in [6, 6.07) is 0.671. The highest BCUT2D eigenvalue weighted by Crippen LogP contribution is 2.18. The summed E-state index contributed by atoms with van der Waals surface area (Å²) in [5.74, 6) is -1.74. The fraction of sp³-hybridized carbons (Fsp3) is 0.529. The van der Waals surface area contributed by atoms with E-state index in [0.717, 1.165) is 18.1 Å². The molecule has 0 bridgehead atoms. The molecule has 0 unspecified atom stereocenters. The molecular weight excluding hydrogens is 353 g/mol. The maximum Gasteiger partial charge on any atom is 0.224 e. The summed E-state index contributed by atoms with van der Waals surface area (Å²) in [5, 5.41) is 0. The molecule has 0 aliphatic carbocycles. The number of nitrogens with zero attached hydrogens (tertiary/aromatic N) is 1. The van der Waals surface area contributed by atoms with Gasteiger partial charge in [0.25, 0.3) is 0 Å². The minimum Gasteiger partial charge on any atom is -0.333 e. The zero-order valence-electron chi connectivity index (χ0n) is 14.7. The molecule has 4 nitrogen and oxygen atoms in total. The smallest absolute Gasteiger partial charge is 0.224 e. The van der Waals surface area contributed by atoms with Crippen LogP contribution in [0.1, 0.15) is 32.8 Å². The van der Waals surface area contributed by atoms with Crippen molar-refractivity contribution in [2.75, 3.05) is 18.2 Å². The first-order valence-electron chi connectivity index (χ1n) is 8.03. The van der Waals surface area contributed by atoms with Crippen LogP contribution in [0.4, 0.5) is 13.2 Å². The topological polar surface area (TPSA) is 63.4 Å². The lowest BCUT2D eigenvalue weighted by atomic mass is 10.0. The maximum atomic E-state index is 13.5. The SMILES string of the molecule is CC.CC=O.N[C@@H](CC(=O)N1CCSC1)Cc1cc(F)c(F)cc1F. The first-order valence-corrected chi connectivity index (χ1v) is 9.18. The molecule has 1 aliphatic heterocycles. The molecule has 0 radical (unpaired) electrons. The second-order valence-electron chi connectivity index (χ2n) is 4.96. The van der Waals surface area contributed by atoms with Crippen LogP contribution < -0.4 is 5.73 Å². The minimum absolute atomic E-state index is 0.00421. The number of hydrogen-bond acceptors (Lipinski definition) is 4. The number of amides is 1. The molecule has 1 aromatic rings. The fourth-order valence-electron chi connectivity index (χ4n) is 2.04. The largest absolute Gasteiger partial charge is 0.333 e. The molecule has 142 valence electrons. The zero-order chi connectivity index (χ0) is 19.4. The normalized spacial score (nSPS) is 14.0. The number of halogens is 3. The number of carbonyl (C=O) groups excluding carboxylic acids is 2. The average Bonchev–Trinajstić information content (AvgIpc) is 3.10. The predicted molar refractivity (Wildman–Crippen MR) is 94.7 cm³/mol. The van der Waals surface area contributed by atoms with E-state index in [4.69, 9.17) is 10.5 Å². The Hall–Kier alpha value is -1.54. The molecule has 1 aliphatic rings. The Balaban J connectivity index is 0.00000104. The van der Waals surface area contributed by atoms with Crippen molar-refractivity contribution in [3.63, 3.8) is 0 Å². The van der Waals surface area contributed by atoms with E-state index in [-0.39, 0.29) is 24.3 Å². The van der Waals surface area contributed by atoms with Crippen LogP contribution in [0.5, 0.6) is 0 Å². The Morgan fingerprint density at radius 1 is 1.28 bits per heavy atom. The van der Waals surface area contributed by atoms with E-state index in [1.807, 2.05) is 13.8 Å². The van der Waals surface area contributed by atoms with Gasteiger partial charge in [-0.1, -0.05) is 13.8 Å². The minimum atomic E-state index is -1.23. The van der Waals surface area contributed by atoms with E-state index in [0.29, 0.717) is 18.5 Å². The molecule has 1 aromatic carbocycles. The van der Waals surface area contributed by atoms with Crippen LogP contribution in [0.15, 0.2) is 12.1 Å². The Morgan fingerprint density at radius 2 is 1.84 bits per heavy atom. The third-order valence-corrected chi connectivity index (χ3v) is 4.08. The fourth-order valence-corrected chi connectivity index (χ4v) is 3.01. The van der Waals surface area contributed by atoms with Gasteiger partial charge in [0.05, 0.1) is 5.88 Å². The van der Waals surface area contributed by atoms with E-state index in [2.05, 4.69) is 0 Å². The number of thioether (sulfide) groups is 1. The quantitative estimate of drug-likeness (QED) is 0.646. The number of nitrogens with two attached hydrogens (primary N) is 1. The Labute approximate surface area is 150 Å². The third-order valence-electron chi connectivity index (χ3n) is 3.11. The van der Waals surface area contributed by atoms with Crippen molar-refractivity contribution in [1.29, 1.82) is 0 Å². The lowest BCUT2D eigenvalue weighted by Gasteiger charge is -2.18. The molecule has 0 saturated carbocycles. The van der Waals surface area contributed by atoms with E-state index in [1.54, 1.807) is 16.7 Å². The highest BCUT2D eigenvalue weighted by atomic mass is 32.2. The van der Waals surface area contributed by atoms with Crippen LogP contribution in [-0.2, 0) is 16.0 Å².